The first-order valence-electron chi connectivity index (χ1n) is 11.5. The third kappa shape index (κ3) is 5.47. The summed E-state index contributed by atoms with van der Waals surface area (Å²) in [5, 5.41) is 26.6. The number of likely N-dealkylation sites (tertiary alicyclic amines) is 1. The van der Waals surface area contributed by atoms with Crippen molar-refractivity contribution in [3.05, 3.63) is 11.9 Å². The fraction of sp³-hybridized carbons (Fsp3) is 0.818. The van der Waals surface area contributed by atoms with Crippen LogP contribution in [0.3, 0.4) is 0 Å². The molecule has 180 valence electrons. The molecular weight excluding hydrogens is 414 g/mol. The van der Waals surface area contributed by atoms with E-state index < -0.39 is 5.60 Å². The summed E-state index contributed by atoms with van der Waals surface area (Å²) in [6, 6.07) is 0.0959. The molecule has 0 unspecified atom stereocenters. The van der Waals surface area contributed by atoms with Gasteiger partial charge in [-0.25, -0.2) is 4.68 Å². The molecule has 2 aliphatic carbocycles. The highest BCUT2D eigenvalue weighted by atomic mass is 16.5. The van der Waals surface area contributed by atoms with Crippen LogP contribution in [-0.2, 0) is 19.9 Å². The number of aliphatic hydroxyl groups is 1. The van der Waals surface area contributed by atoms with E-state index in [0.717, 1.165) is 51.6 Å². The van der Waals surface area contributed by atoms with Gasteiger partial charge in [-0.05, 0) is 51.6 Å². The van der Waals surface area contributed by atoms with E-state index in [-0.39, 0.29) is 24.5 Å². The zero-order chi connectivity index (χ0) is 23.3. The number of methoxy groups -OCH3 is 1. The molecule has 10 nitrogen and oxygen atoms in total. The summed E-state index contributed by atoms with van der Waals surface area (Å²) < 4.78 is 7.76. The Hall–Kier alpha value is -2.04. The zero-order valence-corrected chi connectivity index (χ0v) is 19.4. The van der Waals surface area contributed by atoms with Crippen molar-refractivity contribution >= 4 is 12.4 Å². The Morgan fingerprint density at radius 1 is 1.25 bits per heavy atom. The van der Waals surface area contributed by atoms with Gasteiger partial charge < -0.3 is 24.7 Å². The first-order chi connectivity index (χ1) is 15.3. The predicted molar refractivity (Wildman–Crippen MR) is 117 cm³/mol. The van der Waals surface area contributed by atoms with Crippen molar-refractivity contribution in [2.24, 2.45) is 11.8 Å². The van der Waals surface area contributed by atoms with Gasteiger partial charge in [-0.3, -0.25) is 9.59 Å². The van der Waals surface area contributed by atoms with E-state index in [9.17, 15) is 9.90 Å². The van der Waals surface area contributed by atoms with Crippen LogP contribution >= 0.6 is 0 Å². The number of aromatic nitrogens is 3. The molecule has 1 aliphatic heterocycles. The molecule has 0 radical (unpaired) electrons. The van der Waals surface area contributed by atoms with Gasteiger partial charge in [-0.1, -0.05) is 24.5 Å². The molecule has 32 heavy (non-hydrogen) atoms. The van der Waals surface area contributed by atoms with Gasteiger partial charge in [-0.15, -0.1) is 5.10 Å². The summed E-state index contributed by atoms with van der Waals surface area (Å²) in [4.78, 5) is 24.8. The standard InChI is InChI=1S/C21H35N5O3.CH2O2/c1-24(2)14-20(27)25-11-15-9-17(18(29-3)10-16(15)12-25)26-13-19(22-23-26)21(28)7-5-4-6-8-21;2-1-3/h13,15-18,28H,4-12,14H2,1-3H3;1H,(H,2,3)/t15-,16+,17-,18-;/m1./s1. The maximum atomic E-state index is 12.5. The lowest BCUT2D eigenvalue weighted by Gasteiger charge is -2.36. The van der Waals surface area contributed by atoms with Crippen molar-refractivity contribution < 1.29 is 24.5 Å². The quantitative estimate of drug-likeness (QED) is 0.639. The number of likely N-dealkylation sites (N-methyl/N-ethyl adjacent to an activating group) is 1. The molecule has 1 aromatic heterocycles. The Labute approximate surface area is 189 Å². The minimum Gasteiger partial charge on any atom is -0.483 e. The van der Waals surface area contributed by atoms with Crippen LogP contribution in [0, 0.1) is 11.8 Å². The first-order valence-corrected chi connectivity index (χ1v) is 11.5. The van der Waals surface area contributed by atoms with Crippen LogP contribution in [0.2, 0.25) is 0 Å². The molecule has 1 aromatic rings. The van der Waals surface area contributed by atoms with Crippen molar-refractivity contribution in [3.63, 3.8) is 0 Å². The number of ether oxygens (including phenoxy) is 1. The number of carboxylic acid groups (broad SMARTS) is 1. The maximum Gasteiger partial charge on any atom is 0.290 e. The highest BCUT2D eigenvalue weighted by Gasteiger charge is 2.45. The monoisotopic (exact) mass is 451 g/mol. The number of fused-ring (bicyclic) bond motifs is 1. The second-order valence-corrected chi connectivity index (χ2v) is 9.65. The van der Waals surface area contributed by atoms with Gasteiger partial charge in [0.1, 0.15) is 11.3 Å². The van der Waals surface area contributed by atoms with Gasteiger partial charge in [0.2, 0.25) is 5.91 Å². The lowest BCUT2D eigenvalue weighted by Crippen LogP contribution is -2.38. The summed E-state index contributed by atoms with van der Waals surface area (Å²) in [6.45, 7) is 1.85. The fourth-order valence-corrected chi connectivity index (χ4v) is 5.54. The van der Waals surface area contributed by atoms with E-state index in [2.05, 4.69) is 10.3 Å². The largest absolute Gasteiger partial charge is 0.483 e. The lowest BCUT2D eigenvalue weighted by molar-refractivity contribution is -0.131. The highest BCUT2D eigenvalue weighted by molar-refractivity contribution is 5.78. The van der Waals surface area contributed by atoms with Crippen LogP contribution in [0.4, 0.5) is 0 Å². The molecule has 4 atom stereocenters. The number of hydrogen-bond donors (Lipinski definition) is 2. The van der Waals surface area contributed by atoms with Gasteiger partial charge in [0, 0.05) is 20.2 Å². The number of amides is 1. The maximum absolute atomic E-state index is 12.5. The predicted octanol–water partition coefficient (Wildman–Crippen LogP) is 1.12. The number of carbonyl (C=O) groups is 2. The number of nitrogens with zero attached hydrogens (tertiary/aromatic N) is 5. The second-order valence-electron chi connectivity index (χ2n) is 9.65. The van der Waals surface area contributed by atoms with E-state index in [1.165, 1.54) is 6.42 Å². The summed E-state index contributed by atoms with van der Waals surface area (Å²) >= 11 is 0. The summed E-state index contributed by atoms with van der Waals surface area (Å²) in [7, 11) is 5.62. The van der Waals surface area contributed by atoms with Gasteiger partial charge in [0.15, 0.2) is 0 Å². The molecule has 3 fully saturated rings. The molecule has 4 rings (SSSR count). The summed E-state index contributed by atoms with van der Waals surface area (Å²) in [6.07, 6.45) is 8.61. The first kappa shape index (κ1) is 24.6. The van der Waals surface area contributed by atoms with Crippen LogP contribution in [0.5, 0.6) is 0 Å². The Balaban J connectivity index is 0.000000913. The Morgan fingerprint density at radius 3 is 2.47 bits per heavy atom. The zero-order valence-electron chi connectivity index (χ0n) is 19.4. The molecule has 1 saturated heterocycles. The van der Waals surface area contributed by atoms with Gasteiger partial charge in [-0.2, -0.15) is 0 Å². The van der Waals surface area contributed by atoms with Crippen molar-refractivity contribution in [1.82, 2.24) is 24.8 Å². The Morgan fingerprint density at radius 2 is 1.88 bits per heavy atom. The van der Waals surface area contributed by atoms with E-state index >= 15 is 0 Å². The topological polar surface area (TPSA) is 121 Å². The van der Waals surface area contributed by atoms with Crippen LogP contribution in [0.25, 0.3) is 0 Å². The molecule has 3 aliphatic rings. The molecule has 2 heterocycles. The smallest absolute Gasteiger partial charge is 0.290 e. The molecule has 2 saturated carbocycles. The molecular formula is C22H37N5O5. The summed E-state index contributed by atoms with van der Waals surface area (Å²) in [5.41, 5.74) is -0.137. The van der Waals surface area contributed by atoms with Crippen molar-refractivity contribution in [3.8, 4) is 0 Å². The average Bonchev–Trinajstić information content (AvgIpc) is 3.41. The number of carbonyl (C=O) groups excluding carboxylic acids is 1. The van der Waals surface area contributed by atoms with E-state index in [1.807, 2.05) is 34.8 Å². The van der Waals surface area contributed by atoms with Crippen LogP contribution < -0.4 is 0 Å². The third-order valence-electron chi connectivity index (χ3n) is 7.20. The second kappa shape index (κ2) is 10.7. The van der Waals surface area contributed by atoms with Crippen molar-refractivity contribution in [1.29, 1.82) is 0 Å². The van der Waals surface area contributed by atoms with Crippen LogP contribution in [0.1, 0.15) is 56.7 Å². The van der Waals surface area contributed by atoms with E-state index in [1.54, 1.807) is 7.11 Å². The van der Waals surface area contributed by atoms with Crippen LogP contribution in [-0.4, -0.2) is 94.3 Å². The minimum absolute atomic E-state index is 0.0516. The van der Waals surface area contributed by atoms with E-state index in [4.69, 9.17) is 14.6 Å². The minimum atomic E-state index is -0.834. The molecule has 0 spiro atoms. The molecule has 10 heteroatoms. The Bertz CT molecular complexity index is 764. The molecule has 1 amide bonds. The Kier molecular flexibility index (Phi) is 8.24. The number of hydrogen-bond acceptors (Lipinski definition) is 7. The average molecular weight is 452 g/mol. The van der Waals surface area contributed by atoms with Crippen molar-refractivity contribution in [2.75, 3.05) is 40.8 Å². The SMILES string of the molecule is CO[C@@H]1C[C@H]2CN(C(=O)CN(C)C)C[C@H]2C[C@H]1n1cc(C2(O)CCCCC2)nn1.O=CO. The fourth-order valence-electron chi connectivity index (χ4n) is 5.54. The van der Waals surface area contributed by atoms with Crippen molar-refractivity contribution in [2.45, 2.75) is 62.7 Å². The van der Waals surface area contributed by atoms with E-state index in [0.29, 0.717) is 24.1 Å². The molecule has 2 N–H and O–H groups in total. The molecule has 0 bridgehead atoms. The highest BCUT2D eigenvalue weighted by Crippen LogP contribution is 2.43. The van der Waals surface area contributed by atoms with Gasteiger partial charge in [0.05, 0.1) is 24.9 Å². The lowest BCUT2D eigenvalue weighted by atomic mass is 9.77. The molecule has 0 aromatic carbocycles. The third-order valence-corrected chi connectivity index (χ3v) is 7.20. The van der Waals surface area contributed by atoms with Gasteiger partial charge in [0.25, 0.3) is 6.47 Å². The van der Waals surface area contributed by atoms with Crippen LogP contribution in [0.15, 0.2) is 6.20 Å². The normalized spacial score (nSPS) is 29.2. The van der Waals surface area contributed by atoms with Gasteiger partial charge >= 0.3 is 0 Å². The number of rotatable bonds is 5. The summed E-state index contributed by atoms with van der Waals surface area (Å²) in [5.74, 6) is 1.15.